The maximum atomic E-state index is 5.86. The second kappa shape index (κ2) is 4.97. The van der Waals surface area contributed by atoms with Gasteiger partial charge in [0.05, 0.1) is 0 Å². The predicted molar refractivity (Wildman–Crippen MR) is 71.3 cm³/mol. The molecule has 2 aromatic rings. The fourth-order valence-electron chi connectivity index (χ4n) is 1.78. The number of rotatable bonds is 3. The zero-order valence-electron chi connectivity index (χ0n) is 10.1. The van der Waals surface area contributed by atoms with Crippen LogP contribution in [0.5, 0.6) is 0 Å². The van der Waals surface area contributed by atoms with Crippen LogP contribution in [0.25, 0.3) is 0 Å². The number of pyridine rings is 1. The first-order valence-corrected chi connectivity index (χ1v) is 5.71. The topological polar surface area (TPSA) is 50.9 Å². The van der Waals surface area contributed by atoms with E-state index in [-0.39, 0.29) is 6.04 Å². The quantitative estimate of drug-likeness (QED) is 0.846. The van der Waals surface area contributed by atoms with Crippen molar-refractivity contribution in [3.05, 3.63) is 53.7 Å². The molecule has 1 heterocycles. The molecule has 0 aliphatic carbocycles. The number of anilines is 2. The molecule has 0 aliphatic heterocycles. The lowest BCUT2D eigenvalue weighted by molar-refractivity contribution is 0.803. The third-order valence-corrected chi connectivity index (χ3v) is 2.69. The van der Waals surface area contributed by atoms with Gasteiger partial charge in [-0.1, -0.05) is 18.2 Å². The molecule has 88 valence electrons. The lowest BCUT2D eigenvalue weighted by atomic mass is 10.1. The molecule has 0 bridgehead atoms. The van der Waals surface area contributed by atoms with Crippen molar-refractivity contribution in [2.24, 2.45) is 5.73 Å². The standard InChI is InChI=1S/C14H17N3/c1-10-8-14(16-9-13(10)11(2)15)17-12-6-4-3-5-7-12/h3-9,11H,15H2,1-2H3,(H,16,17). The Morgan fingerprint density at radius 3 is 2.53 bits per heavy atom. The molecule has 3 heteroatoms. The summed E-state index contributed by atoms with van der Waals surface area (Å²) in [7, 11) is 0. The van der Waals surface area contributed by atoms with Crippen LogP contribution < -0.4 is 11.1 Å². The second-order valence-electron chi connectivity index (χ2n) is 4.21. The molecule has 0 radical (unpaired) electrons. The van der Waals surface area contributed by atoms with E-state index >= 15 is 0 Å². The molecule has 1 atom stereocenters. The van der Waals surface area contributed by atoms with E-state index in [2.05, 4.69) is 17.2 Å². The van der Waals surface area contributed by atoms with Crippen molar-refractivity contribution < 1.29 is 0 Å². The smallest absolute Gasteiger partial charge is 0.130 e. The normalized spacial score (nSPS) is 12.2. The van der Waals surface area contributed by atoms with Crippen LogP contribution in [0.2, 0.25) is 0 Å². The molecule has 3 nitrogen and oxygen atoms in total. The molecule has 1 aromatic heterocycles. The van der Waals surface area contributed by atoms with E-state index in [4.69, 9.17) is 5.73 Å². The summed E-state index contributed by atoms with van der Waals surface area (Å²) in [6.45, 7) is 4.02. The van der Waals surface area contributed by atoms with E-state index in [0.29, 0.717) is 0 Å². The molecule has 1 aromatic carbocycles. The average molecular weight is 227 g/mol. The van der Waals surface area contributed by atoms with Gasteiger partial charge in [0.15, 0.2) is 0 Å². The predicted octanol–water partition coefficient (Wildman–Crippen LogP) is 3.15. The third-order valence-electron chi connectivity index (χ3n) is 2.69. The number of para-hydroxylation sites is 1. The van der Waals surface area contributed by atoms with Gasteiger partial charge in [0, 0.05) is 17.9 Å². The van der Waals surface area contributed by atoms with E-state index in [1.165, 1.54) is 0 Å². The van der Waals surface area contributed by atoms with Crippen molar-refractivity contribution in [1.82, 2.24) is 4.98 Å². The van der Waals surface area contributed by atoms with Crippen LogP contribution in [0.1, 0.15) is 24.1 Å². The Kier molecular flexibility index (Phi) is 3.40. The Balaban J connectivity index is 2.21. The molecule has 17 heavy (non-hydrogen) atoms. The van der Waals surface area contributed by atoms with Crippen molar-refractivity contribution in [3.63, 3.8) is 0 Å². The number of nitrogens with one attached hydrogen (secondary N) is 1. The number of benzene rings is 1. The Labute approximate surface area is 102 Å². The Morgan fingerprint density at radius 1 is 1.24 bits per heavy atom. The molecule has 1 unspecified atom stereocenters. The first kappa shape index (κ1) is 11.6. The van der Waals surface area contributed by atoms with Crippen LogP contribution in [0.15, 0.2) is 42.6 Å². The molecule has 0 fully saturated rings. The van der Waals surface area contributed by atoms with Crippen LogP contribution in [-0.2, 0) is 0 Å². The summed E-state index contributed by atoms with van der Waals surface area (Å²) >= 11 is 0. The van der Waals surface area contributed by atoms with Gasteiger partial charge in [0.2, 0.25) is 0 Å². The molecule has 0 saturated carbocycles. The zero-order chi connectivity index (χ0) is 12.3. The van der Waals surface area contributed by atoms with Gasteiger partial charge in [-0.25, -0.2) is 4.98 Å². The highest BCUT2D eigenvalue weighted by atomic mass is 15.0. The number of hydrogen-bond acceptors (Lipinski definition) is 3. The van der Waals surface area contributed by atoms with Crippen molar-refractivity contribution in [3.8, 4) is 0 Å². The molecule has 0 aliphatic rings. The summed E-state index contributed by atoms with van der Waals surface area (Å²) in [6, 6.07) is 12.0. The number of hydrogen-bond donors (Lipinski definition) is 2. The zero-order valence-corrected chi connectivity index (χ0v) is 10.1. The fourth-order valence-corrected chi connectivity index (χ4v) is 1.78. The summed E-state index contributed by atoms with van der Waals surface area (Å²) < 4.78 is 0. The monoisotopic (exact) mass is 227 g/mol. The lowest BCUT2D eigenvalue weighted by Gasteiger charge is -2.11. The minimum absolute atomic E-state index is 0.0216. The maximum absolute atomic E-state index is 5.86. The molecular formula is C14H17N3. The Hall–Kier alpha value is -1.87. The van der Waals surface area contributed by atoms with Crippen LogP contribution in [0, 0.1) is 6.92 Å². The van der Waals surface area contributed by atoms with Gasteiger partial charge in [-0.15, -0.1) is 0 Å². The van der Waals surface area contributed by atoms with Crippen molar-refractivity contribution in [2.45, 2.75) is 19.9 Å². The largest absolute Gasteiger partial charge is 0.340 e. The van der Waals surface area contributed by atoms with Gasteiger partial charge in [-0.2, -0.15) is 0 Å². The Morgan fingerprint density at radius 2 is 1.94 bits per heavy atom. The first-order valence-electron chi connectivity index (χ1n) is 5.71. The number of nitrogens with two attached hydrogens (primary N) is 1. The van der Waals surface area contributed by atoms with Crippen molar-refractivity contribution in [2.75, 3.05) is 5.32 Å². The summed E-state index contributed by atoms with van der Waals surface area (Å²) in [4.78, 5) is 4.36. The maximum Gasteiger partial charge on any atom is 0.130 e. The summed E-state index contributed by atoms with van der Waals surface area (Å²) in [5, 5.41) is 3.26. The SMILES string of the molecule is Cc1cc(Nc2ccccc2)ncc1C(C)N. The minimum atomic E-state index is 0.0216. The highest BCUT2D eigenvalue weighted by Crippen LogP contribution is 2.19. The van der Waals surface area contributed by atoms with E-state index in [0.717, 1.165) is 22.6 Å². The molecular weight excluding hydrogens is 210 g/mol. The molecule has 3 N–H and O–H groups in total. The summed E-state index contributed by atoms with van der Waals surface area (Å²) in [6.07, 6.45) is 1.84. The molecule has 0 spiro atoms. The van der Waals surface area contributed by atoms with Crippen LogP contribution in [0.4, 0.5) is 11.5 Å². The summed E-state index contributed by atoms with van der Waals surface area (Å²) in [5.74, 6) is 0.845. The third kappa shape index (κ3) is 2.82. The van der Waals surface area contributed by atoms with E-state index in [1.54, 1.807) is 0 Å². The molecule has 2 rings (SSSR count). The number of nitrogens with zero attached hydrogens (tertiary/aromatic N) is 1. The average Bonchev–Trinajstić information content (AvgIpc) is 2.30. The molecule has 0 saturated heterocycles. The second-order valence-corrected chi connectivity index (χ2v) is 4.21. The fraction of sp³-hybridized carbons (Fsp3) is 0.214. The minimum Gasteiger partial charge on any atom is -0.340 e. The van der Waals surface area contributed by atoms with Crippen LogP contribution in [0.3, 0.4) is 0 Å². The van der Waals surface area contributed by atoms with Gasteiger partial charge in [0.1, 0.15) is 5.82 Å². The number of aryl methyl sites for hydroxylation is 1. The van der Waals surface area contributed by atoms with E-state index in [9.17, 15) is 0 Å². The van der Waals surface area contributed by atoms with E-state index in [1.807, 2.05) is 49.5 Å². The van der Waals surface area contributed by atoms with Crippen molar-refractivity contribution in [1.29, 1.82) is 0 Å². The van der Waals surface area contributed by atoms with Gasteiger partial charge in [0.25, 0.3) is 0 Å². The molecule has 0 amide bonds. The lowest BCUT2D eigenvalue weighted by Crippen LogP contribution is -2.08. The van der Waals surface area contributed by atoms with Crippen LogP contribution >= 0.6 is 0 Å². The van der Waals surface area contributed by atoms with Gasteiger partial charge in [-0.3, -0.25) is 0 Å². The van der Waals surface area contributed by atoms with Crippen LogP contribution in [-0.4, -0.2) is 4.98 Å². The highest BCUT2D eigenvalue weighted by Gasteiger charge is 2.05. The van der Waals surface area contributed by atoms with Gasteiger partial charge in [-0.05, 0) is 43.2 Å². The van der Waals surface area contributed by atoms with Gasteiger partial charge < -0.3 is 11.1 Å². The Bertz CT molecular complexity index is 492. The van der Waals surface area contributed by atoms with E-state index < -0.39 is 0 Å². The van der Waals surface area contributed by atoms with Crippen molar-refractivity contribution >= 4 is 11.5 Å². The summed E-state index contributed by atoms with van der Waals surface area (Å²) in [5.41, 5.74) is 9.14. The highest BCUT2D eigenvalue weighted by molar-refractivity contribution is 5.56. The number of aromatic nitrogens is 1. The first-order chi connectivity index (χ1) is 8.16. The van der Waals surface area contributed by atoms with Gasteiger partial charge >= 0.3 is 0 Å².